The molecule has 0 aliphatic rings. The maximum atomic E-state index is 11.8. The van der Waals surface area contributed by atoms with Crippen LogP contribution in [-0.2, 0) is 0 Å². The van der Waals surface area contributed by atoms with Crippen LogP contribution in [0.5, 0.6) is 5.75 Å². The van der Waals surface area contributed by atoms with Crippen LogP contribution < -0.4 is 4.74 Å². The Balaban J connectivity index is 2.52. The molecule has 0 amide bonds. The minimum Gasteiger partial charge on any atom is -0.519 e. The third-order valence-corrected chi connectivity index (χ3v) is 1.55. The van der Waals surface area contributed by atoms with Gasteiger partial charge in [-0.05, 0) is 13.8 Å². The fourth-order valence-electron chi connectivity index (χ4n) is 0.868. The van der Waals surface area contributed by atoms with Crippen molar-refractivity contribution in [2.45, 2.75) is 19.9 Å². The van der Waals surface area contributed by atoms with Crippen molar-refractivity contribution in [2.75, 3.05) is 6.51 Å². The number of ether oxygens (including phenoxy) is 1. The summed E-state index contributed by atoms with van der Waals surface area (Å²) in [4.78, 5) is 0. The lowest BCUT2D eigenvalue weighted by molar-refractivity contribution is 0.313. The zero-order valence-electron chi connectivity index (χ0n) is 7.95. The predicted octanol–water partition coefficient (Wildman–Crippen LogP) is 2.23. The quantitative estimate of drug-likeness (QED) is 0.707. The molecule has 0 saturated carbocycles. The fourth-order valence-corrected chi connectivity index (χ4v) is 0.868. The largest absolute Gasteiger partial charge is 0.519 e. The van der Waals surface area contributed by atoms with Crippen molar-refractivity contribution in [2.24, 2.45) is 0 Å². The molecule has 7 heteroatoms. The molecule has 0 spiro atoms. The van der Waals surface area contributed by atoms with Gasteiger partial charge in [0, 0.05) is 6.04 Å². The van der Waals surface area contributed by atoms with E-state index in [0.29, 0.717) is 0 Å². The van der Waals surface area contributed by atoms with E-state index in [2.05, 4.69) is 9.84 Å². The van der Waals surface area contributed by atoms with E-state index in [1.54, 1.807) is 4.68 Å². The molecule has 0 aromatic carbocycles. The smallest absolute Gasteiger partial charge is 0.515 e. The molecule has 0 unspecified atom stereocenters. The highest BCUT2D eigenvalue weighted by atomic mass is 19.4. The van der Waals surface area contributed by atoms with E-state index in [9.17, 15) is 12.9 Å². The minimum atomic E-state index is -4.90. The van der Waals surface area contributed by atoms with Gasteiger partial charge in [-0.2, -0.15) is 5.10 Å². The molecule has 0 N–H and O–H groups in total. The van der Waals surface area contributed by atoms with E-state index in [1.165, 1.54) is 12.4 Å². The van der Waals surface area contributed by atoms with Crippen LogP contribution in [0.4, 0.5) is 12.9 Å². The van der Waals surface area contributed by atoms with Gasteiger partial charge >= 0.3 is 6.98 Å². The molecule has 3 nitrogen and oxygen atoms in total. The lowest BCUT2D eigenvalue weighted by Gasteiger charge is -2.13. The molecule has 1 aromatic heterocycles. The molecule has 0 radical (unpaired) electrons. The van der Waals surface area contributed by atoms with Gasteiger partial charge in [0.15, 0.2) is 5.75 Å². The van der Waals surface area contributed by atoms with Gasteiger partial charge in [0.05, 0.1) is 18.9 Å². The lowest BCUT2D eigenvalue weighted by atomic mass is 9.95. The number of aromatic nitrogens is 2. The normalized spacial score (nSPS) is 12.1. The average molecular weight is 207 g/mol. The highest BCUT2D eigenvalue weighted by molar-refractivity contribution is 6.58. The van der Waals surface area contributed by atoms with Crippen LogP contribution in [0.25, 0.3) is 0 Å². The maximum Gasteiger partial charge on any atom is 0.515 e. The Morgan fingerprint density at radius 3 is 2.57 bits per heavy atom. The topological polar surface area (TPSA) is 27.1 Å². The molecule has 0 aliphatic carbocycles. The summed E-state index contributed by atoms with van der Waals surface area (Å²) >= 11 is 0. The summed E-state index contributed by atoms with van der Waals surface area (Å²) in [7, 11) is 0. The van der Waals surface area contributed by atoms with Gasteiger partial charge in [0.2, 0.25) is 0 Å². The van der Waals surface area contributed by atoms with Crippen molar-refractivity contribution in [1.82, 2.24) is 9.78 Å². The molecule has 80 valence electrons. The van der Waals surface area contributed by atoms with Crippen molar-refractivity contribution in [3.8, 4) is 5.75 Å². The van der Waals surface area contributed by atoms with Crippen molar-refractivity contribution in [3.63, 3.8) is 0 Å². The van der Waals surface area contributed by atoms with E-state index in [-0.39, 0.29) is 11.8 Å². The first-order chi connectivity index (χ1) is 6.38. The number of hydrogen-bond acceptors (Lipinski definition) is 2. The van der Waals surface area contributed by atoms with E-state index in [0.717, 1.165) is 0 Å². The molecule has 0 saturated heterocycles. The summed E-state index contributed by atoms with van der Waals surface area (Å²) in [5.74, 6) is 0.151. The van der Waals surface area contributed by atoms with Gasteiger partial charge in [0.1, 0.15) is 0 Å². The standard InChI is InChI=1S/C7H11BF3N2O/c1-6(2)13-4-7(3-12-13)14-5-8(9,10)11/h3-4,6H,5H2,1-2H3/q-1. The van der Waals surface area contributed by atoms with Crippen LogP contribution >= 0.6 is 0 Å². The summed E-state index contributed by atoms with van der Waals surface area (Å²) in [5.41, 5.74) is 0. The van der Waals surface area contributed by atoms with Crippen LogP contribution in [0, 0.1) is 0 Å². The number of nitrogens with zero attached hydrogens (tertiary/aromatic N) is 2. The Labute approximate surface area is 79.9 Å². The number of halogens is 3. The molecule has 1 rings (SSSR count). The molecule has 14 heavy (non-hydrogen) atoms. The van der Waals surface area contributed by atoms with Crippen LogP contribution in [0.3, 0.4) is 0 Å². The molecular weight excluding hydrogens is 196 g/mol. The minimum absolute atomic E-state index is 0.115. The Morgan fingerprint density at radius 1 is 1.50 bits per heavy atom. The summed E-state index contributed by atoms with van der Waals surface area (Å²) in [6.45, 7) is -2.36. The second-order valence-corrected chi connectivity index (χ2v) is 3.27. The Morgan fingerprint density at radius 2 is 2.14 bits per heavy atom. The monoisotopic (exact) mass is 207 g/mol. The van der Waals surface area contributed by atoms with Gasteiger partial charge < -0.3 is 17.7 Å². The Kier molecular flexibility index (Phi) is 3.08. The SMILES string of the molecule is CC(C)n1cc(OC[B-](F)(F)F)cn1. The molecular formula is C7H11BF3N2O-. The highest BCUT2D eigenvalue weighted by Crippen LogP contribution is 2.15. The second kappa shape index (κ2) is 3.94. The molecule has 0 atom stereocenters. The number of hydrogen-bond donors (Lipinski definition) is 0. The summed E-state index contributed by atoms with van der Waals surface area (Å²) in [6.07, 6.45) is 2.73. The Hall–Kier alpha value is -1.14. The molecule has 0 aliphatic heterocycles. The van der Waals surface area contributed by atoms with Crippen molar-refractivity contribution < 1.29 is 17.7 Å². The molecule has 1 heterocycles. The fraction of sp³-hybridized carbons (Fsp3) is 0.571. The van der Waals surface area contributed by atoms with Crippen molar-refractivity contribution >= 4 is 6.98 Å². The third-order valence-electron chi connectivity index (χ3n) is 1.55. The summed E-state index contributed by atoms with van der Waals surface area (Å²) in [6, 6.07) is 0.115. The molecule has 0 bridgehead atoms. The van der Waals surface area contributed by atoms with Crippen LogP contribution in [0.15, 0.2) is 12.4 Å². The van der Waals surface area contributed by atoms with Gasteiger partial charge in [-0.3, -0.25) is 4.68 Å². The van der Waals surface area contributed by atoms with E-state index < -0.39 is 13.5 Å². The van der Waals surface area contributed by atoms with Crippen molar-refractivity contribution in [1.29, 1.82) is 0 Å². The summed E-state index contributed by atoms with van der Waals surface area (Å²) < 4.78 is 41.5. The lowest BCUT2D eigenvalue weighted by Crippen LogP contribution is -2.25. The van der Waals surface area contributed by atoms with Crippen LogP contribution in [0.2, 0.25) is 0 Å². The third kappa shape index (κ3) is 3.31. The van der Waals surface area contributed by atoms with Crippen molar-refractivity contribution in [3.05, 3.63) is 12.4 Å². The van der Waals surface area contributed by atoms with Gasteiger partial charge in [0.25, 0.3) is 0 Å². The van der Waals surface area contributed by atoms with E-state index >= 15 is 0 Å². The van der Waals surface area contributed by atoms with Gasteiger partial charge in [-0.25, -0.2) is 0 Å². The van der Waals surface area contributed by atoms with Crippen LogP contribution in [0.1, 0.15) is 19.9 Å². The first kappa shape index (κ1) is 10.9. The van der Waals surface area contributed by atoms with Crippen LogP contribution in [-0.4, -0.2) is 23.3 Å². The summed E-state index contributed by atoms with van der Waals surface area (Å²) in [5, 5.41) is 3.85. The maximum absolute atomic E-state index is 11.8. The number of rotatable bonds is 4. The predicted molar refractivity (Wildman–Crippen MR) is 47.2 cm³/mol. The molecule has 0 fully saturated rings. The molecule has 1 aromatic rings. The van der Waals surface area contributed by atoms with E-state index in [4.69, 9.17) is 0 Å². The average Bonchev–Trinajstić information content (AvgIpc) is 2.47. The first-order valence-corrected chi connectivity index (χ1v) is 4.26. The second-order valence-electron chi connectivity index (χ2n) is 3.27. The van der Waals surface area contributed by atoms with Gasteiger partial charge in [-0.1, -0.05) is 0 Å². The highest BCUT2D eigenvalue weighted by Gasteiger charge is 2.24. The zero-order valence-corrected chi connectivity index (χ0v) is 7.95. The Bertz CT molecular complexity index is 297. The first-order valence-electron chi connectivity index (χ1n) is 4.26. The zero-order chi connectivity index (χ0) is 10.8. The van der Waals surface area contributed by atoms with Gasteiger partial charge in [-0.15, -0.1) is 0 Å². The van der Waals surface area contributed by atoms with E-state index in [1.807, 2.05) is 13.8 Å².